The van der Waals surface area contributed by atoms with Crippen molar-refractivity contribution in [2.45, 2.75) is 108 Å². The Morgan fingerprint density at radius 1 is 0.893 bits per heavy atom. The van der Waals surface area contributed by atoms with Crippen molar-refractivity contribution < 1.29 is 35.1 Å². The topological polar surface area (TPSA) is 147 Å². The lowest BCUT2D eigenvalue weighted by Crippen LogP contribution is -2.53. The van der Waals surface area contributed by atoms with Crippen LogP contribution in [0, 0.1) is 0 Å². The molecule has 0 spiro atoms. The van der Waals surface area contributed by atoms with Crippen molar-refractivity contribution >= 4 is 12.2 Å². The van der Waals surface area contributed by atoms with Crippen molar-refractivity contribution in [3.63, 3.8) is 0 Å². The molecule has 0 rings (SSSR count). The predicted octanol–water partition coefficient (Wildman–Crippen LogP) is 0.417. The van der Waals surface area contributed by atoms with Gasteiger partial charge in [-0.25, -0.2) is 0 Å². The molecule has 0 aromatic rings. The first-order valence-electron chi connectivity index (χ1n) is 10.4. The van der Waals surface area contributed by atoms with Gasteiger partial charge in [0.25, 0.3) is 0 Å². The van der Waals surface area contributed by atoms with Gasteiger partial charge in [0.15, 0.2) is 0 Å². The zero-order valence-electron chi connectivity index (χ0n) is 17.0. The number of unbranched alkanes of at least 4 members (excludes halogenated alkanes) is 8. The minimum absolute atomic E-state index is 0.216. The molecule has 166 valence electrons. The number of aliphatic hydroxyl groups excluding tert-OH is 5. The normalized spacial score (nSPS) is 16.8. The van der Waals surface area contributed by atoms with Gasteiger partial charge in [0.1, 0.15) is 30.6 Å². The van der Waals surface area contributed by atoms with Crippen LogP contribution in [0.4, 0.5) is 0 Å². The number of aliphatic hydroxyl groups is 5. The molecule has 6 N–H and O–H groups in total. The van der Waals surface area contributed by atoms with Crippen molar-refractivity contribution in [3.05, 3.63) is 0 Å². The summed E-state index contributed by atoms with van der Waals surface area (Å²) in [5.74, 6) is -0.634. The highest BCUT2D eigenvalue weighted by atomic mass is 16.4. The molecular formula is C20H39NO7. The molecule has 0 aromatic carbocycles. The summed E-state index contributed by atoms with van der Waals surface area (Å²) >= 11 is 0. The molecule has 28 heavy (non-hydrogen) atoms. The van der Waals surface area contributed by atoms with Crippen molar-refractivity contribution in [1.82, 2.24) is 5.32 Å². The molecule has 0 heterocycles. The molecule has 1 unspecified atom stereocenters. The highest BCUT2D eigenvalue weighted by molar-refractivity contribution is 5.80. The smallest absolute Gasteiger partial charge is 0.223 e. The number of carbonyl (C=O) groups is 2. The lowest BCUT2D eigenvalue weighted by molar-refractivity contribution is -0.132. The summed E-state index contributed by atoms with van der Waals surface area (Å²) in [6.45, 7) is 1.40. The second-order valence-electron chi connectivity index (χ2n) is 7.44. The first kappa shape index (κ1) is 26.9. The Morgan fingerprint density at radius 3 is 1.93 bits per heavy atom. The number of rotatable bonds is 18. The van der Waals surface area contributed by atoms with E-state index in [2.05, 4.69) is 12.2 Å². The van der Waals surface area contributed by atoms with Crippen molar-refractivity contribution in [2.75, 3.05) is 6.61 Å². The van der Waals surface area contributed by atoms with Crippen LogP contribution >= 0.6 is 0 Å². The van der Waals surface area contributed by atoms with Crippen LogP contribution in [0.25, 0.3) is 0 Å². The van der Waals surface area contributed by atoms with Gasteiger partial charge in [-0.2, -0.15) is 0 Å². The second kappa shape index (κ2) is 16.9. The molecule has 5 atom stereocenters. The van der Waals surface area contributed by atoms with E-state index in [9.17, 15) is 30.0 Å². The van der Waals surface area contributed by atoms with E-state index in [0.717, 1.165) is 19.3 Å². The maximum Gasteiger partial charge on any atom is 0.223 e. The Labute approximate surface area is 168 Å². The average Bonchev–Trinajstić information content (AvgIpc) is 2.68. The fourth-order valence-electron chi connectivity index (χ4n) is 3.00. The van der Waals surface area contributed by atoms with E-state index in [1.54, 1.807) is 0 Å². The third kappa shape index (κ3) is 12.4. The van der Waals surface area contributed by atoms with Crippen LogP contribution in [0.3, 0.4) is 0 Å². The Hall–Kier alpha value is -1.06. The van der Waals surface area contributed by atoms with E-state index in [4.69, 9.17) is 5.11 Å². The predicted molar refractivity (Wildman–Crippen MR) is 106 cm³/mol. The van der Waals surface area contributed by atoms with Gasteiger partial charge >= 0.3 is 0 Å². The molecule has 0 radical (unpaired) electrons. The van der Waals surface area contributed by atoms with Crippen LogP contribution in [0.2, 0.25) is 0 Å². The molecule has 8 heteroatoms. The fraction of sp³-hybridized carbons (Fsp3) is 0.900. The van der Waals surface area contributed by atoms with Gasteiger partial charge in [0, 0.05) is 0 Å². The minimum Gasteiger partial charge on any atom is -0.394 e. The first-order chi connectivity index (χ1) is 13.4. The van der Waals surface area contributed by atoms with Crippen molar-refractivity contribution in [3.8, 4) is 0 Å². The SMILES string of the molecule is CCCCCCCCCCCC(O)CC(=O)N[C@H](C=O)[C@@H](O)[C@H](O)[C@H](O)CO. The maximum absolute atomic E-state index is 11.9. The molecule has 0 aromatic heterocycles. The van der Waals surface area contributed by atoms with Gasteiger partial charge in [-0.3, -0.25) is 4.79 Å². The summed E-state index contributed by atoms with van der Waals surface area (Å²) in [7, 11) is 0. The third-order valence-electron chi connectivity index (χ3n) is 4.84. The molecule has 0 aliphatic heterocycles. The fourth-order valence-corrected chi connectivity index (χ4v) is 3.00. The van der Waals surface area contributed by atoms with Gasteiger partial charge in [0.2, 0.25) is 5.91 Å². The number of amides is 1. The molecule has 8 nitrogen and oxygen atoms in total. The zero-order valence-corrected chi connectivity index (χ0v) is 17.0. The Kier molecular flexibility index (Phi) is 16.2. The lowest BCUT2D eigenvalue weighted by atomic mass is 10.0. The molecule has 1 amide bonds. The molecule has 0 aliphatic rings. The molecule has 0 bridgehead atoms. The quantitative estimate of drug-likeness (QED) is 0.143. The van der Waals surface area contributed by atoms with Gasteiger partial charge in [0.05, 0.1) is 19.1 Å². The number of aldehydes is 1. The number of hydrogen-bond donors (Lipinski definition) is 6. The van der Waals surface area contributed by atoms with Crippen molar-refractivity contribution in [1.29, 1.82) is 0 Å². The Bertz CT molecular complexity index is 408. The summed E-state index contributed by atoms with van der Waals surface area (Å²) in [5, 5.41) is 49.7. The minimum atomic E-state index is -1.78. The number of hydrogen-bond acceptors (Lipinski definition) is 7. The highest BCUT2D eigenvalue weighted by Gasteiger charge is 2.32. The second-order valence-corrected chi connectivity index (χ2v) is 7.44. The number of nitrogens with one attached hydrogen (secondary N) is 1. The van der Waals surface area contributed by atoms with Crippen LogP contribution in [-0.4, -0.2) is 74.8 Å². The van der Waals surface area contributed by atoms with Crippen LogP contribution in [0.15, 0.2) is 0 Å². The standard InChI is InChI=1S/C20H39NO7/c1-2-3-4-5-6-7-8-9-10-11-15(24)12-18(26)21-16(13-22)19(27)20(28)17(25)14-23/h13,15-17,19-20,23-25,27-28H,2-12,14H2,1H3,(H,21,26)/t15?,16-,17-,19-,20-/m1/s1. The lowest BCUT2D eigenvalue weighted by Gasteiger charge is -2.26. The van der Waals surface area contributed by atoms with E-state index in [0.29, 0.717) is 6.42 Å². The van der Waals surface area contributed by atoms with Crippen LogP contribution in [-0.2, 0) is 9.59 Å². The van der Waals surface area contributed by atoms with Gasteiger partial charge in [-0.05, 0) is 6.42 Å². The summed E-state index contributed by atoms with van der Waals surface area (Å²) in [6.07, 6.45) is 4.88. The zero-order chi connectivity index (χ0) is 21.4. The van der Waals surface area contributed by atoms with Gasteiger partial charge < -0.3 is 35.6 Å². The molecule has 0 saturated carbocycles. The number of carbonyl (C=O) groups excluding carboxylic acids is 2. The molecular weight excluding hydrogens is 366 g/mol. The Morgan fingerprint density at radius 2 is 1.43 bits per heavy atom. The van der Waals surface area contributed by atoms with E-state index in [1.165, 1.54) is 38.5 Å². The van der Waals surface area contributed by atoms with E-state index >= 15 is 0 Å². The molecule has 0 aliphatic carbocycles. The van der Waals surface area contributed by atoms with E-state index < -0.39 is 43.0 Å². The van der Waals surface area contributed by atoms with Crippen LogP contribution < -0.4 is 5.32 Å². The van der Waals surface area contributed by atoms with E-state index in [-0.39, 0.29) is 12.7 Å². The molecule has 0 fully saturated rings. The average molecular weight is 406 g/mol. The summed E-state index contributed by atoms with van der Waals surface area (Å²) < 4.78 is 0. The summed E-state index contributed by atoms with van der Waals surface area (Å²) in [5.41, 5.74) is 0. The van der Waals surface area contributed by atoms with E-state index in [1.807, 2.05) is 0 Å². The first-order valence-corrected chi connectivity index (χ1v) is 10.4. The van der Waals surface area contributed by atoms with Crippen LogP contribution in [0.5, 0.6) is 0 Å². The monoisotopic (exact) mass is 405 g/mol. The third-order valence-corrected chi connectivity index (χ3v) is 4.84. The van der Waals surface area contributed by atoms with Crippen molar-refractivity contribution in [2.24, 2.45) is 0 Å². The van der Waals surface area contributed by atoms with Gasteiger partial charge in [-0.1, -0.05) is 64.7 Å². The summed E-state index contributed by atoms with van der Waals surface area (Å²) in [6, 6.07) is -1.44. The Balaban J connectivity index is 3.99. The van der Waals surface area contributed by atoms with Crippen LogP contribution in [0.1, 0.15) is 77.6 Å². The largest absolute Gasteiger partial charge is 0.394 e. The maximum atomic E-state index is 11.9. The molecule has 0 saturated heterocycles. The highest BCUT2D eigenvalue weighted by Crippen LogP contribution is 2.12. The summed E-state index contributed by atoms with van der Waals surface area (Å²) in [4.78, 5) is 23.0. The van der Waals surface area contributed by atoms with Gasteiger partial charge in [-0.15, -0.1) is 0 Å².